The van der Waals surface area contributed by atoms with Crippen LogP contribution < -0.4 is 10.6 Å². The lowest BCUT2D eigenvalue weighted by Crippen LogP contribution is -2.10. The summed E-state index contributed by atoms with van der Waals surface area (Å²) < 4.78 is 0. The number of benzene rings is 1. The Hall–Kier alpha value is -1.44. The van der Waals surface area contributed by atoms with Crippen molar-refractivity contribution < 1.29 is 0 Å². The second kappa shape index (κ2) is 7.92. The summed E-state index contributed by atoms with van der Waals surface area (Å²) in [5, 5.41) is 6.47. The van der Waals surface area contributed by atoms with Crippen molar-refractivity contribution in [2.75, 3.05) is 6.54 Å². The Balaban J connectivity index is 2.06. The maximum atomic E-state index is 3.24. The highest BCUT2D eigenvalue weighted by atomic mass is 14.9. The van der Waals surface area contributed by atoms with Crippen LogP contribution in [0.15, 0.2) is 42.7 Å². The number of rotatable bonds is 7. The number of nitrogens with one attached hydrogen (secondary N) is 2. The third kappa shape index (κ3) is 5.78. The van der Waals surface area contributed by atoms with Gasteiger partial charge in [-0.05, 0) is 12.0 Å². The molecule has 0 aliphatic rings. The fraction of sp³-hybridized carbons (Fsp3) is 0.385. The third-order valence-corrected chi connectivity index (χ3v) is 2.14. The van der Waals surface area contributed by atoms with E-state index >= 15 is 0 Å². The van der Waals surface area contributed by atoms with Gasteiger partial charge in [-0.3, -0.25) is 0 Å². The van der Waals surface area contributed by atoms with E-state index in [0.717, 1.165) is 13.1 Å². The van der Waals surface area contributed by atoms with Crippen molar-refractivity contribution in [3.8, 4) is 0 Å². The average molecular weight is 204 g/mol. The van der Waals surface area contributed by atoms with Crippen LogP contribution in [0.2, 0.25) is 0 Å². The second-order valence-corrected chi connectivity index (χ2v) is 3.51. The predicted octanol–water partition coefficient (Wildman–Crippen LogP) is 2.64. The molecule has 0 unspecified atom stereocenters. The zero-order valence-electron chi connectivity index (χ0n) is 9.37. The van der Waals surface area contributed by atoms with E-state index in [9.17, 15) is 0 Å². The summed E-state index contributed by atoms with van der Waals surface area (Å²) in [5.74, 6) is 0. The molecular weight excluding hydrogens is 184 g/mol. The van der Waals surface area contributed by atoms with E-state index in [-0.39, 0.29) is 0 Å². The molecule has 15 heavy (non-hydrogen) atoms. The van der Waals surface area contributed by atoms with E-state index in [1.54, 1.807) is 0 Å². The molecule has 0 aromatic heterocycles. The quantitative estimate of drug-likeness (QED) is 0.667. The van der Waals surface area contributed by atoms with Crippen molar-refractivity contribution >= 4 is 0 Å². The Bertz CT molecular complexity index is 267. The summed E-state index contributed by atoms with van der Waals surface area (Å²) in [6.07, 6.45) is 6.39. The van der Waals surface area contributed by atoms with E-state index < -0.39 is 0 Å². The van der Waals surface area contributed by atoms with Gasteiger partial charge in [0.2, 0.25) is 0 Å². The lowest BCUT2D eigenvalue weighted by Gasteiger charge is -2.01. The number of hydrogen-bond acceptors (Lipinski definition) is 2. The first kappa shape index (κ1) is 11.6. The molecule has 2 nitrogen and oxygen atoms in total. The molecule has 0 aliphatic heterocycles. The van der Waals surface area contributed by atoms with Crippen molar-refractivity contribution in [2.24, 2.45) is 0 Å². The lowest BCUT2D eigenvalue weighted by atomic mass is 10.2. The van der Waals surface area contributed by atoms with Crippen LogP contribution >= 0.6 is 0 Å². The van der Waals surface area contributed by atoms with Crippen LogP contribution in [0.25, 0.3) is 0 Å². The van der Waals surface area contributed by atoms with Gasteiger partial charge < -0.3 is 10.6 Å². The molecule has 2 N–H and O–H groups in total. The Labute approximate surface area is 92.4 Å². The van der Waals surface area contributed by atoms with Crippen LogP contribution in [0.4, 0.5) is 0 Å². The first-order valence-corrected chi connectivity index (χ1v) is 5.59. The van der Waals surface area contributed by atoms with E-state index in [0.29, 0.717) is 0 Å². The zero-order valence-corrected chi connectivity index (χ0v) is 9.37. The summed E-state index contributed by atoms with van der Waals surface area (Å²) in [6, 6.07) is 10.4. The van der Waals surface area contributed by atoms with Crippen LogP contribution in [-0.2, 0) is 6.54 Å². The molecule has 1 rings (SSSR count). The highest BCUT2D eigenvalue weighted by molar-refractivity contribution is 5.14. The first-order valence-electron chi connectivity index (χ1n) is 5.59. The highest BCUT2D eigenvalue weighted by Gasteiger charge is 1.85. The van der Waals surface area contributed by atoms with Gasteiger partial charge in [0.05, 0.1) is 0 Å². The SMILES string of the molecule is CCCCN/C=C\NCc1ccccc1. The van der Waals surface area contributed by atoms with Gasteiger partial charge in [-0.1, -0.05) is 43.7 Å². The van der Waals surface area contributed by atoms with Crippen LogP contribution in [0, 0.1) is 0 Å². The van der Waals surface area contributed by atoms with Gasteiger partial charge in [0.15, 0.2) is 0 Å². The van der Waals surface area contributed by atoms with Gasteiger partial charge in [0, 0.05) is 25.5 Å². The molecule has 1 aromatic rings. The molecule has 0 spiro atoms. The van der Waals surface area contributed by atoms with Crippen molar-refractivity contribution in [3.63, 3.8) is 0 Å². The monoisotopic (exact) mass is 204 g/mol. The standard InChI is InChI=1S/C13H20N2/c1-2-3-9-14-10-11-15-12-13-7-5-4-6-8-13/h4-8,10-11,14-15H,2-3,9,12H2,1H3/b11-10-. The van der Waals surface area contributed by atoms with E-state index in [1.165, 1.54) is 18.4 Å². The number of unbranched alkanes of at least 4 members (excludes halogenated alkanes) is 1. The Morgan fingerprint density at radius 2 is 1.80 bits per heavy atom. The van der Waals surface area contributed by atoms with Crippen molar-refractivity contribution in [2.45, 2.75) is 26.3 Å². The fourth-order valence-electron chi connectivity index (χ4n) is 1.25. The molecule has 0 saturated carbocycles. The van der Waals surface area contributed by atoms with Gasteiger partial charge in [0.1, 0.15) is 0 Å². The Morgan fingerprint density at radius 1 is 1.07 bits per heavy atom. The molecule has 0 aliphatic carbocycles. The highest BCUT2D eigenvalue weighted by Crippen LogP contribution is 1.96. The topological polar surface area (TPSA) is 24.1 Å². The second-order valence-electron chi connectivity index (χ2n) is 3.51. The van der Waals surface area contributed by atoms with Gasteiger partial charge >= 0.3 is 0 Å². The van der Waals surface area contributed by atoms with Crippen LogP contribution in [-0.4, -0.2) is 6.54 Å². The molecule has 0 amide bonds. The summed E-state index contributed by atoms with van der Waals surface area (Å²) >= 11 is 0. The maximum Gasteiger partial charge on any atom is 0.0395 e. The lowest BCUT2D eigenvalue weighted by molar-refractivity contribution is 0.729. The molecule has 0 fully saturated rings. The molecule has 0 atom stereocenters. The minimum atomic E-state index is 0.882. The largest absolute Gasteiger partial charge is 0.390 e. The minimum absolute atomic E-state index is 0.882. The van der Waals surface area contributed by atoms with Gasteiger partial charge in [-0.15, -0.1) is 0 Å². The Kier molecular flexibility index (Phi) is 6.14. The van der Waals surface area contributed by atoms with E-state index in [4.69, 9.17) is 0 Å². The molecule has 0 heterocycles. The van der Waals surface area contributed by atoms with E-state index in [1.807, 2.05) is 18.5 Å². The summed E-state index contributed by atoms with van der Waals surface area (Å²) in [7, 11) is 0. The molecule has 1 aromatic carbocycles. The van der Waals surface area contributed by atoms with E-state index in [2.05, 4.69) is 41.8 Å². The van der Waals surface area contributed by atoms with Crippen molar-refractivity contribution in [1.29, 1.82) is 0 Å². The smallest absolute Gasteiger partial charge is 0.0395 e. The van der Waals surface area contributed by atoms with Crippen molar-refractivity contribution in [3.05, 3.63) is 48.3 Å². The minimum Gasteiger partial charge on any atom is -0.390 e. The summed E-state index contributed by atoms with van der Waals surface area (Å²) in [6.45, 7) is 4.13. The number of hydrogen-bond donors (Lipinski definition) is 2. The van der Waals surface area contributed by atoms with Crippen LogP contribution in [0.1, 0.15) is 25.3 Å². The molecular formula is C13H20N2. The average Bonchev–Trinajstić information content (AvgIpc) is 2.29. The molecule has 82 valence electrons. The molecule has 2 heteroatoms. The van der Waals surface area contributed by atoms with Gasteiger partial charge in [-0.2, -0.15) is 0 Å². The third-order valence-electron chi connectivity index (χ3n) is 2.14. The van der Waals surface area contributed by atoms with Gasteiger partial charge in [-0.25, -0.2) is 0 Å². The van der Waals surface area contributed by atoms with Gasteiger partial charge in [0.25, 0.3) is 0 Å². The van der Waals surface area contributed by atoms with Crippen molar-refractivity contribution in [1.82, 2.24) is 10.6 Å². The first-order chi connectivity index (χ1) is 7.43. The predicted molar refractivity (Wildman–Crippen MR) is 65.3 cm³/mol. The normalized spacial score (nSPS) is 10.5. The zero-order chi connectivity index (χ0) is 10.8. The summed E-state index contributed by atoms with van der Waals surface area (Å²) in [5.41, 5.74) is 1.30. The Morgan fingerprint density at radius 3 is 2.53 bits per heavy atom. The molecule has 0 radical (unpaired) electrons. The molecule has 0 bridgehead atoms. The molecule has 0 saturated heterocycles. The fourth-order valence-corrected chi connectivity index (χ4v) is 1.25. The van der Waals surface area contributed by atoms with Crippen LogP contribution in [0.5, 0.6) is 0 Å². The summed E-state index contributed by atoms with van der Waals surface area (Å²) in [4.78, 5) is 0. The van der Waals surface area contributed by atoms with Crippen LogP contribution in [0.3, 0.4) is 0 Å². The maximum absolute atomic E-state index is 3.24.